The van der Waals surface area contributed by atoms with Crippen LogP contribution in [0.2, 0.25) is 5.02 Å². The molecule has 0 saturated heterocycles. The number of benzene rings is 1. The molecule has 0 spiro atoms. The highest BCUT2D eigenvalue weighted by molar-refractivity contribution is 9.09. The van der Waals surface area contributed by atoms with Gasteiger partial charge in [-0.05, 0) is 31.9 Å². The van der Waals surface area contributed by atoms with E-state index in [-0.39, 0.29) is 10.8 Å². The van der Waals surface area contributed by atoms with Crippen molar-refractivity contribution in [3.05, 3.63) is 34.6 Å². The van der Waals surface area contributed by atoms with E-state index in [1.807, 2.05) is 7.05 Å². The van der Waals surface area contributed by atoms with Gasteiger partial charge >= 0.3 is 0 Å². The third-order valence-electron chi connectivity index (χ3n) is 3.22. The predicted octanol–water partition coefficient (Wildman–Crippen LogP) is 4.08. The molecule has 17 heavy (non-hydrogen) atoms. The van der Waals surface area contributed by atoms with E-state index in [0.717, 1.165) is 12.5 Å². The zero-order chi connectivity index (χ0) is 12.4. The summed E-state index contributed by atoms with van der Waals surface area (Å²) in [6, 6.07) is 5.18. The Bertz CT molecular complexity index is 393. The van der Waals surface area contributed by atoms with Gasteiger partial charge in [-0.1, -0.05) is 39.7 Å². The van der Waals surface area contributed by atoms with Crippen LogP contribution in [0.4, 0.5) is 4.39 Å². The fraction of sp³-hybridized carbons (Fsp3) is 0.538. The predicted molar refractivity (Wildman–Crippen MR) is 73.2 cm³/mol. The molecule has 1 aliphatic carbocycles. The molecule has 4 heteroatoms. The second-order valence-corrected chi connectivity index (χ2v) is 6.55. The average molecular weight is 321 g/mol. The van der Waals surface area contributed by atoms with Crippen LogP contribution in [0, 0.1) is 11.7 Å². The largest absolute Gasteiger partial charge is 0.302 e. The van der Waals surface area contributed by atoms with Crippen LogP contribution in [-0.2, 0) is 6.54 Å². The molecule has 1 aliphatic rings. The smallest absolute Gasteiger partial charge is 0.146 e. The van der Waals surface area contributed by atoms with Crippen LogP contribution in [-0.4, -0.2) is 23.3 Å². The Labute approximate surface area is 115 Å². The van der Waals surface area contributed by atoms with E-state index >= 15 is 0 Å². The minimum absolute atomic E-state index is 0.208. The molecule has 0 heterocycles. The first-order valence-corrected chi connectivity index (χ1v) is 7.11. The maximum Gasteiger partial charge on any atom is 0.146 e. The highest BCUT2D eigenvalue weighted by Gasteiger charge is 2.27. The van der Waals surface area contributed by atoms with Gasteiger partial charge in [0.05, 0.1) is 5.02 Å². The summed E-state index contributed by atoms with van der Waals surface area (Å²) in [4.78, 5) is 2.85. The van der Waals surface area contributed by atoms with Crippen LogP contribution >= 0.6 is 27.5 Å². The van der Waals surface area contributed by atoms with E-state index in [0.29, 0.717) is 16.9 Å². The van der Waals surface area contributed by atoms with Crippen molar-refractivity contribution in [2.45, 2.75) is 24.2 Å². The van der Waals surface area contributed by atoms with Crippen molar-refractivity contribution in [2.75, 3.05) is 13.6 Å². The standard InChI is InChI=1S/C13H16BrClFN/c1-17(7-9-5-11(14)6-9)8-10-3-2-4-12(15)13(10)16/h2-4,9,11H,5-8H2,1H3. The molecule has 0 aliphatic heterocycles. The summed E-state index contributed by atoms with van der Waals surface area (Å²) in [5.74, 6) is 0.458. The normalized spacial score (nSPS) is 23.8. The van der Waals surface area contributed by atoms with Crippen molar-refractivity contribution >= 4 is 27.5 Å². The first-order valence-electron chi connectivity index (χ1n) is 5.81. The third kappa shape index (κ3) is 3.43. The molecule has 0 bridgehead atoms. The van der Waals surface area contributed by atoms with Crippen LogP contribution in [0.3, 0.4) is 0 Å². The summed E-state index contributed by atoms with van der Waals surface area (Å²) in [6.45, 7) is 1.64. The fourth-order valence-electron chi connectivity index (χ4n) is 2.27. The Morgan fingerprint density at radius 3 is 2.82 bits per heavy atom. The second kappa shape index (κ2) is 5.68. The molecule has 1 fully saturated rings. The molecule has 0 N–H and O–H groups in total. The van der Waals surface area contributed by atoms with Gasteiger partial charge in [0.25, 0.3) is 0 Å². The van der Waals surface area contributed by atoms with E-state index < -0.39 is 0 Å². The van der Waals surface area contributed by atoms with E-state index in [4.69, 9.17) is 11.6 Å². The molecular formula is C13H16BrClFN. The zero-order valence-corrected chi connectivity index (χ0v) is 12.1. The quantitative estimate of drug-likeness (QED) is 0.756. The maximum atomic E-state index is 13.7. The Kier molecular flexibility index (Phi) is 4.45. The van der Waals surface area contributed by atoms with Gasteiger partial charge in [-0.15, -0.1) is 0 Å². The summed E-state index contributed by atoms with van der Waals surface area (Å²) in [5, 5.41) is 0.208. The lowest BCUT2D eigenvalue weighted by atomic mass is 9.85. The summed E-state index contributed by atoms with van der Waals surface area (Å²) in [7, 11) is 2.03. The molecule has 0 atom stereocenters. The van der Waals surface area contributed by atoms with Crippen LogP contribution in [0.25, 0.3) is 0 Å². The zero-order valence-electron chi connectivity index (χ0n) is 9.80. The van der Waals surface area contributed by atoms with Gasteiger partial charge in [0.2, 0.25) is 0 Å². The number of hydrogen-bond donors (Lipinski definition) is 0. The number of nitrogens with zero attached hydrogens (tertiary/aromatic N) is 1. The minimum Gasteiger partial charge on any atom is -0.302 e. The third-order valence-corrected chi connectivity index (χ3v) is 4.26. The van der Waals surface area contributed by atoms with Gasteiger partial charge in [-0.25, -0.2) is 4.39 Å². The molecular weight excluding hydrogens is 305 g/mol. The van der Waals surface area contributed by atoms with Crippen molar-refractivity contribution in [1.29, 1.82) is 0 Å². The van der Waals surface area contributed by atoms with Gasteiger partial charge in [-0.3, -0.25) is 0 Å². The van der Waals surface area contributed by atoms with E-state index in [9.17, 15) is 4.39 Å². The first kappa shape index (κ1) is 13.3. The van der Waals surface area contributed by atoms with E-state index in [2.05, 4.69) is 20.8 Å². The number of rotatable bonds is 4. The van der Waals surface area contributed by atoms with Gasteiger partial charge in [-0.2, -0.15) is 0 Å². The lowest BCUT2D eigenvalue weighted by Crippen LogP contribution is -2.34. The molecule has 2 rings (SSSR count). The molecule has 0 radical (unpaired) electrons. The van der Waals surface area contributed by atoms with Crippen LogP contribution < -0.4 is 0 Å². The van der Waals surface area contributed by atoms with E-state index in [1.165, 1.54) is 12.8 Å². The monoisotopic (exact) mass is 319 g/mol. The molecule has 1 aromatic carbocycles. The van der Waals surface area contributed by atoms with Crippen molar-refractivity contribution < 1.29 is 4.39 Å². The fourth-order valence-corrected chi connectivity index (χ4v) is 3.52. The summed E-state index contributed by atoms with van der Waals surface area (Å²) < 4.78 is 13.7. The first-order chi connectivity index (χ1) is 8.06. The van der Waals surface area contributed by atoms with Gasteiger partial charge in [0, 0.05) is 23.5 Å². The lowest BCUT2D eigenvalue weighted by Gasteiger charge is -2.34. The number of alkyl halides is 1. The van der Waals surface area contributed by atoms with Gasteiger partial charge in [0.15, 0.2) is 0 Å². The van der Waals surface area contributed by atoms with Crippen LogP contribution in [0.5, 0.6) is 0 Å². The van der Waals surface area contributed by atoms with Crippen molar-refractivity contribution in [3.8, 4) is 0 Å². The molecule has 0 unspecified atom stereocenters. The van der Waals surface area contributed by atoms with Crippen molar-refractivity contribution in [2.24, 2.45) is 5.92 Å². The molecule has 1 aromatic rings. The van der Waals surface area contributed by atoms with Gasteiger partial charge in [0.1, 0.15) is 5.82 Å². The number of hydrogen-bond acceptors (Lipinski definition) is 1. The summed E-state index contributed by atoms with van der Waals surface area (Å²) >= 11 is 9.34. The second-order valence-electron chi connectivity index (χ2n) is 4.84. The summed E-state index contributed by atoms with van der Waals surface area (Å²) in [5.41, 5.74) is 0.676. The Balaban J connectivity index is 1.89. The Morgan fingerprint density at radius 2 is 2.18 bits per heavy atom. The number of halogens is 3. The maximum absolute atomic E-state index is 13.7. The van der Waals surface area contributed by atoms with E-state index in [1.54, 1.807) is 18.2 Å². The van der Waals surface area contributed by atoms with Crippen LogP contribution in [0.1, 0.15) is 18.4 Å². The minimum atomic E-state index is -0.284. The summed E-state index contributed by atoms with van der Waals surface area (Å²) in [6.07, 6.45) is 2.45. The average Bonchev–Trinajstić information content (AvgIpc) is 2.23. The highest BCUT2D eigenvalue weighted by atomic mass is 79.9. The highest BCUT2D eigenvalue weighted by Crippen LogP contribution is 2.33. The molecule has 94 valence electrons. The molecule has 1 saturated carbocycles. The van der Waals surface area contributed by atoms with Crippen molar-refractivity contribution in [3.63, 3.8) is 0 Å². The Morgan fingerprint density at radius 1 is 1.47 bits per heavy atom. The van der Waals surface area contributed by atoms with Crippen LogP contribution in [0.15, 0.2) is 18.2 Å². The topological polar surface area (TPSA) is 3.24 Å². The molecule has 0 aromatic heterocycles. The SMILES string of the molecule is CN(Cc1cccc(Cl)c1F)CC1CC(Br)C1. The van der Waals surface area contributed by atoms with Crippen molar-refractivity contribution in [1.82, 2.24) is 4.90 Å². The Hall–Kier alpha value is -0.120. The lowest BCUT2D eigenvalue weighted by molar-refractivity contribution is 0.206. The van der Waals surface area contributed by atoms with Gasteiger partial charge < -0.3 is 4.90 Å². The molecule has 1 nitrogen and oxygen atoms in total. The molecule has 0 amide bonds.